The van der Waals surface area contributed by atoms with Crippen molar-refractivity contribution < 1.29 is 19.0 Å². The number of aromatic nitrogens is 3. The number of imidazole rings is 1. The van der Waals surface area contributed by atoms with Crippen LogP contribution in [0.1, 0.15) is 30.3 Å². The number of halogens is 1. The average molecular weight is 543 g/mol. The Bertz CT molecular complexity index is 1290. The van der Waals surface area contributed by atoms with Gasteiger partial charge < -0.3 is 29.7 Å². The maximum atomic E-state index is 13.1. The molecule has 0 bridgehead atoms. The molecule has 2 aromatic heterocycles. The Morgan fingerprint density at radius 1 is 1.31 bits per heavy atom. The van der Waals surface area contributed by atoms with Crippen LogP contribution >= 0.6 is 15.9 Å². The van der Waals surface area contributed by atoms with Gasteiger partial charge >= 0.3 is 0 Å². The number of morpholine rings is 1. The number of carbonyl (C=O) groups is 1. The zero-order chi connectivity index (χ0) is 24.2. The highest BCUT2D eigenvalue weighted by molar-refractivity contribution is 9.10. The van der Waals surface area contributed by atoms with Crippen LogP contribution in [0.25, 0.3) is 5.52 Å². The number of anilines is 1. The predicted octanol–water partition coefficient (Wildman–Crippen LogP) is 2.53. The minimum atomic E-state index is -0.336. The fourth-order valence-corrected chi connectivity index (χ4v) is 5.56. The summed E-state index contributed by atoms with van der Waals surface area (Å²) in [5.74, 6) is 3.09. The number of carbonyl (C=O) groups excluding carboxylic acids is 1. The van der Waals surface area contributed by atoms with Gasteiger partial charge in [0.15, 0.2) is 5.82 Å². The van der Waals surface area contributed by atoms with E-state index in [4.69, 9.17) is 19.2 Å². The lowest BCUT2D eigenvalue weighted by molar-refractivity contribution is -0.154. The molecule has 11 heteroatoms. The van der Waals surface area contributed by atoms with Crippen molar-refractivity contribution in [3.8, 4) is 11.5 Å². The molecule has 1 aliphatic carbocycles. The van der Waals surface area contributed by atoms with Gasteiger partial charge in [-0.25, -0.2) is 9.97 Å². The smallest absolute Gasteiger partial charge is 0.243 e. The Labute approximate surface area is 211 Å². The van der Waals surface area contributed by atoms with Gasteiger partial charge in [0, 0.05) is 37.1 Å². The molecule has 184 valence electrons. The average Bonchev–Trinajstić information content (AvgIpc) is 3.60. The van der Waals surface area contributed by atoms with E-state index in [9.17, 15) is 4.79 Å². The Morgan fingerprint density at radius 2 is 2.17 bits per heavy atom. The summed E-state index contributed by atoms with van der Waals surface area (Å²) in [7, 11) is 3.27. The zero-order valence-electron chi connectivity index (χ0n) is 19.6. The highest BCUT2D eigenvalue weighted by Crippen LogP contribution is 2.42. The van der Waals surface area contributed by atoms with Crippen molar-refractivity contribution in [3.05, 3.63) is 46.6 Å². The maximum Gasteiger partial charge on any atom is 0.243 e. The van der Waals surface area contributed by atoms with Crippen molar-refractivity contribution in [2.45, 2.75) is 37.1 Å². The van der Waals surface area contributed by atoms with Crippen LogP contribution in [0.15, 0.2) is 35.2 Å². The second kappa shape index (κ2) is 8.65. The van der Waals surface area contributed by atoms with Crippen molar-refractivity contribution in [1.82, 2.24) is 24.6 Å². The Morgan fingerprint density at radius 3 is 2.94 bits per heavy atom. The summed E-state index contributed by atoms with van der Waals surface area (Å²) in [5, 5.41) is 6.83. The minimum Gasteiger partial charge on any atom is -0.497 e. The number of ether oxygens (including phenoxy) is 3. The van der Waals surface area contributed by atoms with E-state index in [2.05, 4.69) is 31.5 Å². The first-order chi connectivity index (χ1) is 17.0. The van der Waals surface area contributed by atoms with Crippen LogP contribution < -0.4 is 20.1 Å². The molecule has 2 saturated heterocycles. The number of piperazine rings is 1. The van der Waals surface area contributed by atoms with Crippen LogP contribution in [0.5, 0.6) is 11.5 Å². The first-order valence-corrected chi connectivity index (χ1v) is 12.5. The van der Waals surface area contributed by atoms with Gasteiger partial charge in [0.05, 0.1) is 39.0 Å². The third-order valence-corrected chi connectivity index (χ3v) is 7.71. The van der Waals surface area contributed by atoms with E-state index >= 15 is 0 Å². The topological polar surface area (TPSA) is 102 Å². The number of rotatable bonds is 6. The van der Waals surface area contributed by atoms with E-state index in [1.165, 1.54) is 0 Å². The third-order valence-electron chi connectivity index (χ3n) is 7.16. The fraction of sp³-hybridized carbons (Fsp3) is 0.458. The van der Waals surface area contributed by atoms with E-state index in [1.54, 1.807) is 20.4 Å². The lowest BCUT2D eigenvalue weighted by Gasteiger charge is -2.45. The molecule has 2 N–H and O–H groups in total. The van der Waals surface area contributed by atoms with E-state index in [-0.39, 0.29) is 23.6 Å². The molecule has 1 aromatic carbocycles. The van der Waals surface area contributed by atoms with Gasteiger partial charge in [0.1, 0.15) is 33.5 Å². The first-order valence-electron chi connectivity index (χ1n) is 11.7. The number of nitrogens with zero attached hydrogens (tertiary/aromatic N) is 4. The first kappa shape index (κ1) is 22.6. The Balaban J connectivity index is 1.26. The van der Waals surface area contributed by atoms with Gasteiger partial charge in [0.25, 0.3) is 0 Å². The predicted molar refractivity (Wildman–Crippen MR) is 132 cm³/mol. The van der Waals surface area contributed by atoms with Crippen molar-refractivity contribution >= 4 is 33.2 Å². The SMILES string of the molecule is COc1ccc(CNc2nccn3c([C@H]4CN5C(=O)C6(CC6)NC[C@@H]5CO4)nc(Br)c23)c(OC)c1. The summed E-state index contributed by atoms with van der Waals surface area (Å²) >= 11 is 3.62. The number of nitrogens with one attached hydrogen (secondary N) is 2. The molecule has 3 aromatic rings. The normalized spacial score (nSPS) is 22.8. The summed E-state index contributed by atoms with van der Waals surface area (Å²) < 4.78 is 19.7. The number of benzene rings is 1. The van der Waals surface area contributed by atoms with Crippen molar-refractivity contribution in [1.29, 1.82) is 0 Å². The highest BCUT2D eigenvalue weighted by atomic mass is 79.9. The molecule has 0 radical (unpaired) electrons. The molecule has 2 aliphatic heterocycles. The molecular formula is C24H27BrN6O4. The molecule has 2 atom stereocenters. The van der Waals surface area contributed by atoms with Gasteiger partial charge in [-0.2, -0.15) is 0 Å². The van der Waals surface area contributed by atoms with Crippen LogP contribution in [-0.4, -0.2) is 70.7 Å². The van der Waals surface area contributed by atoms with Gasteiger partial charge in [0.2, 0.25) is 5.91 Å². The summed E-state index contributed by atoms with van der Waals surface area (Å²) in [6, 6.07) is 5.79. The van der Waals surface area contributed by atoms with Crippen molar-refractivity contribution in [3.63, 3.8) is 0 Å². The molecule has 10 nitrogen and oxygen atoms in total. The fourth-order valence-electron chi connectivity index (χ4n) is 5.00. The van der Waals surface area contributed by atoms with Crippen molar-refractivity contribution in [2.75, 3.05) is 39.2 Å². The number of fused-ring (bicyclic) bond motifs is 2. The number of methoxy groups -OCH3 is 2. The Hall–Kier alpha value is -2.89. The second-order valence-electron chi connectivity index (χ2n) is 9.18. The molecule has 0 unspecified atom stereocenters. The number of hydrogen-bond acceptors (Lipinski definition) is 8. The van der Waals surface area contributed by atoms with Gasteiger partial charge in [-0.3, -0.25) is 9.20 Å². The number of hydrogen-bond donors (Lipinski definition) is 2. The molecular weight excluding hydrogens is 516 g/mol. The van der Waals surface area contributed by atoms with Crippen molar-refractivity contribution in [2.24, 2.45) is 0 Å². The largest absolute Gasteiger partial charge is 0.497 e. The Kier molecular flexibility index (Phi) is 5.58. The summed E-state index contributed by atoms with van der Waals surface area (Å²) in [4.78, 5) is 24.4. The third kappa shape index (κ3) is 3.82. The number of amides is 1. The molecule has 6 rings (SSSR count). The standard InChI is InChI=1S/C24H27BrN6O4/c1-33-16-4-3-14(17(9-16)34-2)10-27-21-19-20(25)29-22(30(19)8-7-26-21)18-12-31-15(13-35-18)11-28-24(5-6-24)23(31)32/h3-4,7-9,15,18,28H,5-6,10-13H2,1-2H3,(H,26,27)/t15-,18-/m1/s1. The zero-order valence-corrected chi connectivity index (χ0v) is 21.2. The van der Waals surface area contributed by atoms with Crippen LogP contribution in [0.2, 0.25) is 0 Å². The molecule has 4 heterocycles. The molecule has 3 aliphatic rings. The quantitative estimate of drug-likeness (QED) is 0.489. The molecule has 1 spiro atoms. The second-order valence-corrected chi connectivity index (χ2v) is 9.93. The van der Waals surface area contributed by atoms with Gasteiger partial charge in [-0.15, -0.1) is 0 Å². The summed E-state index contributed by atoms with van der Waals surface area (Å²) in [6.45, 7) is 2.26. The van der Waals surface area contributed by atoms with Crippen LogP contribution in [0.3, 0.4) is 0 Å². The summed E-state index contributed by atoms with van der Waals surface area (Å²) in [6.07, 6.45) is 5.12. The van der Waals surface area contributed by atoms with Gasteiger partial charge in [-0.05, 0) is 40.9 Å². The highest BCUT2D eigenvalue weighted by Gasteiger charge is 2.56. The van der Waals surface area contributed by atoms with Crippen LogP contribution in [-0.2, 0) is 16.1 Å². The molecule has 1 amide bonds. The van der Waals surface area contributed by atoms with E-state index in [0.29, 0.717) is 30.1 Å². The summed E-state index contributed by atoms with van der Waals surface area (Å²) in [5.41, 5.74) is 1.45. The molecule has 35 heavy (non-hydrogen) atoms. The molecule has 3 fully saturated rings. The molecule has 1 saturated carbocycles. The minimum absolute atomic E-state index is 0.0676. The van der Waals surface area contributed by atoms with E-state index in [1.807, 2.05) is 33.7 Å². The van der Waals surface area contributed by atoms with E-state index in [0.717, 1.165) is 47.8 Å². The lowest BCUT2D eigenvalue weighted by atomic mass is 10.0. The van der Waals surface area contributed by atoms with Crippen LogP contribution in [0, 0.1) is 0 Å². The maximum absolute atomic E-state index is 13.1. The van der Waals surface area contributed by atoms with Gasteiger partial charge in [-0.1, -0.05) is 0 Å². The van der Waals surface area contributed by atoms with E-state index < -0.39 is 0 Å². The monoisotopic (exact) mass is 542 g/mol. The lowest BCUT2D eigenvalue weighted by Crippen LogP contribution is -2.65. The van der Waals surface area contributed by atoms with Crippen LogP contribution in [0.4, 0.5) is 5.82 Å².